The fourth-order valence-electron chi connectivity index (χ4n) is 9.69. The molecule has 3 saturated carbocycles. The minimum atomic E-state index is -0.366. The van der Waals surface area contributed by atoms with Crippen molar-refractivity contribution in [2.45, 2.75) is 104 Å². The minimum absolute atomic E-state index is 0.142. The maximum Gasteiger partial charge on any atom is 0.239 e. The van der Waals surface area contributed by atoms with Gasteiger partial charge in [0.25, 0.3) is 0 Å². The lowest BCUT2D eigenvalue weighted by molar-refractivity contribution is -0.135. The highest BCUT2D eigenvalue weighted by atomic mass is 16.2. The Morgan fingerprint density at radius 1 is 1.21 bits per heavy atom. The molecule has 1 saturated heterocycles. The van der Waals surface area contributed by atoms with Crippen molar-refractivity contribution in [1.29, 1.82) is 0 Å². The third kappa shape index (κ3) is 3.40. The second kappa shape index (κ2) is 8.36. The molecule has 0 aromatic rings. The molecule has 4 nitrogen and oxygen atoms in total. The molecular formula is C29H49N3O. The summed E-state index contributed by atoms with van der Waals surface area (Å²) in [6.07, 6.45) is 14.1. The highest BCUT2D eigenvalue weighted by Crippen LogP contribution is 2.68. The summed E-state index contributed by atoms with van der Waals surface area (Å²) in [6, 6.07) is 0.718. The monoisotopic (exact) mass is 455 g/mol. The molecule has 33 heavy (non-hydrogen) atoms. The molecule has 0 aromatic heterocycles. The minimum Gasteiger partial charge on any atom is -0.341 e. The van der Waals surface area contributed by atoms with Crippen molar-refractivity contribution >= 4 is 5.91 Å². The van der Waals surface area contributed by atoms with Crippen LogP contribution in [0.25, 0.3) is 0 Å². The van der Waals surface area contributed by atoms with Crippen molar-refractivity contribution in [2.24, 2.45) is 46.2 Å². The zero-order chi connectivity index (χ0) is 23.7. The summed E-state index contributed by atoms with van der Waals surface area (Å²) in [5, 5.41) is 0. The van der Waals surface area contributed by atoms with Crippen molar-refractivity contribution in [1.82, 2.24) is 9.80 Å². The molecule has 10 atom stereocenters. The first-order valence-electron chi connectivity index (χ1n) is 14.1. The number of carbonyl (C=O) groups excluding carboxylic acids is 1. The topological polar surface area (TPSA) is 49.6 Å². The van der Waals surface area contributed by atoms with Gasteiger partial charge in [-0.1, -0.05) is 38.8 Å². The Bertz CT molecular complexity index is 809. The standard InChI is InChI=1S/C29H49N3O/c1-7-18(2)26(30)27(33)32(6)21-12-14-28(4)20(16-21)8-9-22-24(28)13-15-29-17-31(5)19(3)23(29)10-11-25(22)29/h8,18-19,21-26H,7,9-17,30H2,1-6H3/t18-,19-,21-,22+,23+,24-,25-,26-,28-,29-/m0/s1. The van der Waals surface area contributed by atoms with Crippen LogP contribution in [0.2, 0.25) is 0 Å². The number of amides is 1. The number of nitrogens with zero attached hydrogens (tertiary/aromatic N) is 2. The Labute approximate surface area is 202 Å². The van der Waals surface area contributed by atoms with E-state index in [1.165, 1.54) is 45.1 Å². The van der Waals surface area contributed by atoms with E-state index in [0.29, 0.717) is 16.9 Å². The maximum atomic E-state index is 13.1. The third-order valence-corrected chi connectivity index (χ3v) is 12.1. The molecule has 1 spiro atoms. The molecule has 0 radical (unpaired) electrons. The van der Waals surface area contributed by atoms with Gasteiger partial charge >= 0.3 is 0 Å². The van der Waals surface area contributed by atoms with Crippen LogP contribution in [0, 0.1) is 40.4 Å². The van der Waals surface area contributed by atoms with E-state index < -0.39 is 0 Å². The van der Waals surface area contributed by atoms with Crippen LogP contribution in [0.3, 0.4) is 0 Å². The maximum absolute atomic E-state index is 13.1. The molecule has 1 aliphatic heterocycles. The van der Waals surface area contributed by atoms with Gasteiger partial charge in [-0.2, -0.15) is 0 Å². The molecule has 0 aromatic carbocycles. The summed E-state index contributed by atoms with van der Waals surface area (Å²) >= 11 is 0. The first-order valence-corrected chi connectivity index (χ1v) is 14.1. The third-order valence-electron chi connectivity index (χ3n) is 12.1. The first kappa shape index (κ1) is 23.9. The fourth-order valence-corrected chi connectivity index (χ4v) is 9.69. The molecule has 0 bridgehead atoms. The molecule has 2 N–H and O–H groups in total. The Hall–Kier alpha value is -0.870. The highest BCUT2D eigenvalue weighted by Gasteiger charge is 2.64. The second-order valence-corrected chi connectivity index (χ2v) is 13.1. The fraction of sp³-hybridized carbons (Fsp3) is 0.897. The molecule has 4 heteroatoms. The molecule has 0 unspecified atom stereocenters. The van der Waals surface area contributed by atoms with Crippen LogP contribution in [0.15, 0.2) is 11.6 Å². The van der Waals surface area contributed by atoms with E-state index in [1.54, 1.807) is 5.57 Å². The molecule has 5 aliphatic rings. The van der Waals surface area contributed by atoms with E-state index in [9.17, 15) is 4.79 Å². The molecule has 1 amide bonds. The van der Waals surface area contributed by atoms with Crippen molar-refractivity contribution in [3.63, 3.8) is 0 Å². The van der Waals surface area contributed by atoms with Gasteiger partial charge in [0.2, 0.25) is 5.91 Å². The second-order valence-electron chi connectivity index (χ2n) is 13.1. The summed E-state index contributed by atoms with van der Waals surface area (Å²) in [5.41, 5.74) is 8.94. The number of hydrogen-bond donors (Lipinski definition) is 1. The summed E-state index contributed by atoms with van der Waals surface area (Å²) in [4.78, 5) is 17.8. The lowest BCUT2D eigenvalue weighted by Crippen LogP contribution is -2.54. The normalized spacial score (nSPS) is 46.5. The van der Waals surface area contributed by atoms with E-state index in [-0.39, 0.29) is 17.9 Å². The largest absolute Gasteiger partial charge is 0.341 e. The summed E-state index contributed by atoms with van der Waals surface area (Å²) in [5.74, 6) is 3.97. The molecule has 4 fully saturated rings. The zero-order valence-electron chi connectivity index (χ0n) is 22.1. The zero-order valence-corrected chi connectivity index (χ0v) is 22.1. The summed E-state index contributed by atoms with van der Waals surface area (Å²) in [6.45, 7) is 10.6. The van der Waals surface area contributed by atoms with Crippen molar-refractivity contribution < 1.29 is 4.79 Å². The summed E-state index contributed by atoms with van der Waals surface area (Å²) < 4.78 is 0. The smallest absolute Gasteiger partial charge is 0.239 e. The highest BCUT2D eigenvalue weighted by molar-refractivity contribution is 5.82. The Kier molecular flexibility index (Phi) is 6.04. The van der Waals surface area contributed by atoms with Gasteiger partial charge in [-0.25, -0.2) is 0 Å². The molecule has 4 aliphatic carbocycles. The van der Waals surface area contributed by atoms with E-state index in [1.807, 2.05) is 11.9 Å². The van der Waals surface area contributed by atoms with E-state index in [2.05, 4.69) is 45.7 Å². The molecule has 186 valence electrons. The van der Waals surface area contributed by atoms with E-state index in [0.717, 1.165) is 49.0 Å². The molecule has 1 heterocycles. The van der Waals surface area contributed by atoms with Crippen LogP contribution in [0.5, 0.6) is 0 Å². The van der Waals surface area contributed by atoms with Crippen LogP contribution in [-0.2, 0) is 4.79 Å². The number of allylic oxidation sites excluding steroid dienone is 1. The van der Waals surface area contributed by atoms with Gasteiger partial charge in [0, 0.05) is 25.7 Å². The number of rotatable bonds is 4. The Balaban J connectivity index is 1.33. The Morgan fingerprint density at radius 2 is 1.94 bits per heavy atom. The van der Waals surface area contributed by atoms with Gasteiger partial charge in [0.1, 0.15) is 0 Å². The van der Waals surface area contributed by atoms with Gasteiger partial charge in [0.05, 0.1) is 6.04 Å². The quantitative estimate of drug-likeness (QED) is 0.602. The average molecular weight is 456 g/mol. The predicted octanol–water partition coefficient (Wildman–Crippen LogP) is 5.08. The average Bonchev–Trinajstić information content (AvgIpc) is 3.30. The van der Waals surface area contributed by atoms with Crippen LogP contribution in [0.4, 0.5) is 0 Å². The SMILES string of the molecule is CC[C@H](C)[C@H](N)C(=O)N(C)[C@H]1CC[C@@]2(C)C(=CC[C@H]3[C@@H]4CC[C@@H]5[C@H](C)N(C)C[C@@]54CC[C@@H]32)C1. The van der Waals surface area contributed by atoms with Crippen LogP contribution >= 0.6 is 0 Å². The van der Waals surface area contributed by atoms with Crippen molar-refractivity contribution in [2.75, 3.05) is 20.6 Å². The van der Waals surface area contributed by atoms with E-state index in [4.69, 9.17) is 5.73 Å². The van der Waals surface area contributed by atoms with E-state index >= 15 is 0 Å². The van der Waals surface area contributed by atoms with Crippen LogP contribution < -0.4 is 5.73 Å². The van der Waals surface area contributed by atoms with Gasteiger partial charge < -0.3 is 15.5 Å². The number of likely N-dealkylation sites (tertiary alicyclic amines) is 1. The molecular weight excluding hydrogens is 406 g/mol. The number of hydrogen-bond acceptors (Lipinski definition) is 3. The summed E-state index contributed by atoms with van der Waals surface area (Å²) in [7, 11) is 4.37. The number of nitrogens with two attached hydrogens (primary N) is 1. The van der Waals surface area contributed by atoms with Gasteiger partial charge in [-0.3, -0.25) is 4.79 Å². The molecule has 5 rings (SSSR count). The van der Waals surface area contributed by atoms with Gasteiger partial charge in [-0.05, 0) is 106 Å². The lowest BCUT2D eigenvalue weighted by Gasteiger charge is -2.58. The van der Waals surface area contributed by atoms with Crippen LogP contribution in [0.1, 0.15) is 85.5 Å². The van der Waals surface area contributed by atoms with Crippen molar-refractivity contribution in [3.8, 4) is 0 Å². The van der Waals surface area contributed by atoms with Gasteiger partial charge in [-0.15, -0.1) is 0 Å². The van der Waals surface area contributed by atoms with Crippen LogP contribution in [-0.4, -0.2) is 54.5 Å². The van der Waals surface area contributed by atoms with Gasteiger partial charge in [0.15, 0.2) is 0 Å². The predicted molar refractivity (Wildman–Crippen MR) is 136 cm³/mol. The number of carbonyl (C=O) groups is 1. The van der Waals surface area contributed by atoms with Crippen molar-refractivity contribution in [3.05, 3.63) is 11.6 Å². The lowest BCUT2D eigenvalue weighted by atomic mass is 9.47. The number of likely N-dealkylation sites (N-methyl/N-ethyl adjacent to an activating group) is 1. The Morgan fingerprint density at radius 3 is 2.67 bits per heavy atom. The first-order chi connectivity index (χ1) is 15.6. The number of fused-ring (bicyclic) bond motifs is 4.